The second-order valence-corrected chi connectivity index (χ2v) is 7.97. The van der Waals surface area contributed by atoms with E-state index in [-0.39, 0.29) is 11.5 Å². The molecular formula is C21H14N2O4S2. The summed E-state index contributed by atoms with van der Waals surface area (Å²) < 4.78 is 6.18. The summed E-state index contributed by atoms with van der Waals surface area (Å²) in [5, 5.41) is 9.01. The molecule has 4 rings (SSSR count). The van der Waals surface area contributed by atoms with Gasteiger partial charge in [-0.15, -0.1) is 0 Å². The maximum Gasteiger partial charge on any atom is 0.335 e. The Kier molecular flexibility index (Phi) is 5.04. The molecule has 1 saturated heterocycles. The van der Waals surface area contributed by atoms with Gasteiger partial charge in [0, 0.05) is 12.3 Å². The number of carboxylic acid groups (broad SMARTS) is 1. The summed E-state index contributed by atoms with van der Waals surface area (Å²) in [6, 6.07) is 13.4. The summed E-state index contributed by atoms with van der Waals surface area (Å²) in [6.45, 7) is 1.96. The molecule has 3 aromatic rings. The zero-order valence-electron chi connectivity index (χ0n) is 15.2. The van der Waals surface area contributed by atoms with E-state index in [9.17, 15) is 9.59 Å². The standard InChI is InChI=1S/C21H14N2O4S2/c1-12-2-8-16(22-11-12)17-9-7-15(27-17)10-18-19(24)23(21(28)29-18)14-5-3-13(4-6-14)20(25)26/h2-11H,1H3,(H,25,26). The van der Waals surface area contributed by atoms with Crippen molar-refractivity contribution in [3.05, 3.63) is 76.5 Å². The molecule has 1 N–H and O–H groups in total. The van der Waals surface area contributed by atoms with Crippen LogP contribution in [-0.2, 0) is 4.79 Å². The first-order valence-corrected chi connectivity index (χ1v) is 9.79. The number of hydrogen-bond acceptors (Lipinski definition) is 6. The van der Waals surface area contributed by atoms with Crippen LogP contribution in [0, 0.1) is 6.92 Å². The third-order valence-corrected chi connectivity index (χ3v) is 5.53. The van der Waals surface area contributed by atoms with Crippen molar-refractivity contribution in [2.45, 2.75) is 6.92 Å². The van der Waals surface area contributed by atoms with Gasteiger partial charge in [0.25, 0.3) is 5.91 Å². The number of carboxylic acids is 1. The zero-order chi connectivity index (χ0) is 20.5. The van der Waals surface area contributed by atoms with Crippen LogP contribution < -0.4 is 4.90 Å². The zero-order valence-corrected chi connectivity index (χ0v) is 16.8. The molecule has 1 aliphatic heterocycles. The molecule has 1 aliphatic rings. The van der Waals surface area contributed by atoms with Gasteiger partial charge in [0.2, 0.25) is 0 Å². The van der Waals surface area contributed by atoms with Crippen LogP contribution in [0.25, 0.3) is 17.5 Å². The van der Waals surface area contributed by atoms with Crippen LogP contribution in [0.15, 0.2) is 64.1 Å². The van der Waals surface area contributed by atoms with Crippen LogP contribution in [0.3, 0.4) is 0 Å². The van der Waals surface area contributed by atoms with Crippen molar-refractivity contribution in [3.8, 4) is 11.5 Å². The fourth-order valence-corrected chi connectivity index (χ4v) is 4.03. The van der Waals surface area contributed by atoms with Gasteiger partial charge >= 0.3 is 5.97 Å². The first kappa shape index (κ1) is 19.1. The fourth-order valence-electron chi connectivity index (χ4n) is 2.75. The topological polar surface area (TPSA) is 83.6 Å². The minimum atomic E-state index is -1.03. The molecule has 1 amide bonds. The molecule has 0 unspecified atom stereocenters. The van der Waals surface area contributed by atoms with E-state index < -0.39 is 5.97 Å². The van der Waals surface area contributed by atoms with Crippen LogP contribution in [0.2, 0.25) is 0 Å². The number of amides is 1. The molecule has 0 spiro atoms. The van der Waals surface area contributed by atoms with Crippen LogP contribution in [0.5, 0.6) is 0 Å². The largest absolute Gasteiger partial charge is 0.478 e. The van der Waals surface area contributed by atoms with Gasteiger partial charge in [-0.3, -0.25) is 14.7 Å². The molecule has 1 fully saturated rings. The minimum absolute atomic E-state index is 0.141. The summed E-state index contributed by atoms with van der Waals surface area (Å²) in [5.41, 5.74) is 2.43. The van der Waals surface area contributed by atoms with Gasteiger partial charge in [-0.25, -0.2) is 4.79 Å². The molecular weight excluding hydrogens is 408 g/mol. The summed E-state index contributed by atoms with van der Waals surface area (Å²) in [6.07, 6.45) is 3.40. The second-order valence-electron chi connectivity index (χ2n) is 6.29. The van der Waals surface area contributed by atoms with E-state index in [2.05, 4.69) is 4.98 Å². The van der Waals surface area contributed by atoms with Crippen LogP contribution in [-0.4, -0.2) is 26.3 Å². The number of carbonyl (C=O) groups excluding carboxylic acids is 1. The molecule has 0 bridgehead atoms. The lowest BCUT2D eigenvalue weighted by Crippen LogP contribution is -2.27. The van der Waals surface area contributed by atoms with Crippen LogP contribution >= 0.6 is 24.0 Å². The van der Waals surface area contributed by atoms with Gasteiger partial charge < -0.3 is 9.52 Å². The van der Waals surface area contributed by atoms with Gasteiger partial charge in [0.15, 0.2) is 10.1 Å². The average molecular weight is 422 g/mol. The second kappa shape index (κ2) is 7.65. The number of hydrogen-bond donors (Lipinski definition) is 1. The molecule has 0 saturated carbocycles. The predicted octanol–water partition coefficient (Wildman–Crippen LogP) is 4.75. The molecule has 8 heteroatoms. The Balaban J connectivity index is 1.58. The normalized spacial score (nSPS) is 15.3. The molecule has 2 aromatic heterocycles. The Morgan fingerprint density at radius 1 is 1.17 bits per heavy atom. The van der Waals surface area contributed by atoms with Gasteiger partial charge in [-0.1, -0.05) is 30.0 Å². The molecule has 0 radical (unpaired) electrons. The van der Waals surface area contributed by atoms with Crippen molar-refractivity contribution in [3.63, 3.8) is 0 Å². The molecule has 6 nitrogen and oxygen atoms in total. The first-order chi connectivity index (χ1) is 13.9. The highest BCUT2D eigenvalue weighted by Crippen LogP contribution is 2.36. The molecule has 0 atom stereocenters. The van der Waals surface area contributed by atoms with E-state index in [1.54, 1.807) is 36.5 Å². The van der Waals surface area contributed by atoms with Crippen molar-refractivity contribution in [2.75, 3.05) is 4.90 Å². The van der Waals surface area contributed by atoms with Crippen molar-refractivity contribution in [1.29, 1.82) is 0 Å². The molecule has 1 aromatic carbocycles. The number of aryl methyl sites for hydroxylation is 1. The van der Waals surface area contributed by atoms with Crippen molar-refractivity contribution in [1.82, 2.24) is 4.98 Å². The lowest BCUT2D eigenvalue weighted by atomic mass is 10.2. The number of aromatic nitrogens is 1. The Labute approximate surface area is 175 Å². The van der Waals surface area contributed by atoms with Crippen LogP contribution in [0.4, 0.5) is 5.69 Å². The number of furan rings is 1. The van der Waals surface area contributed by atoms with E-state index in [0.29, 0.717) is 32.1 Å². The Morgan fingerprint density at radius 2 is 1.93 bits per heavy atom. The van der Waals surface area contributed by atoms with E-state index >= 15 is 0 Å². The number of pyridine rings is 1. The average Bonchev–Trinajstić information content (AvgIpc) is 3.27. The lowest BCUT2D eigenvalue weighted by molar-refractivity contribution is -0.113. The number of benzene rings is 1. The van der Waals surface area contributed by atoms with Gasteiger partial charge in [0.05, 0.1) is 16.2 Å². The first-order valence-electron chi connectivity index (χ1n) is 8.56. The summed E-state index contributed by atoms with van der Waals surface area (Å²) in [5.74, 6) is -0.187. The minimum Gasteiger partial charge on any atom is -0.478 e. The molecule has 0 aliphatic carbocycles. The summed E-state index contributed by atoms with van der Waals surface area (Å²) in [7, 11) is 0. The number of nitrogens with zero attached hydrogens (tertiary/aromatic N) is 2. The Hall–Kier alpha value is -3.23. The van der Waals surface area contributed by atoms with Gasteiger partial charge in [-0.2, -0.15) is 0 Å². The van der Waals surface area contributed by atoms with E-state index in [1.807, 2.05) is 19.1 Å². The molecule has 29 heavy (non-hydrogen) atoms. The number of aromatic carboxylic acids is 1. The number of anilines is 1. The van der Waals surface area contributed by atoms with E-state index in [0.717, 1.165) is 5.56 Å². The maximum absolute atomic E-state index is 12.8. The quantitative estimate of drug-likeness (QED) is 0.480. The highest BCUT2D eigenvalue weighted by molar-refractivity contribution is 8.27. The third kappa shape index (κ3) is 3.85. The van der Waals surface area contributed by atoms with E-state index in [4.69, 9.17) is 21.7 Å². The van der Waals surface area contributed by atoms with Gasteiger partial charge in [0.1, 0.15) is 11.5 Å². The molecule has 3 heterocycles. The Morgan fingerprint density at radius 3 is 2.59 bits per heavy atom. The van der Waals surface area contributed by atoms with Crippen LogP contribution in [0.1, 0.15) is 21.7 Å². The van der Waals surface area contributed by atoms with Crippen molar-refractivity contribution >= 4 is 51.9 Å². The third-order valence-electron chi connectivity index (χ3n) is 4.23. The summed E-state index contributed by atoms with van der Waals surface area (Å²) >= 11 is 6.51. The predicted molar refractivity (Wildman–Crippen MR) is 116 cm³/mol. The number of rotatable bonds is 4. The lowest BCUT2D eigenvalue weighted by Gasteiger charge is -2.14. The number of carbonyl (C=O) groups is 2. The smallest absolute Gasteiger partial charge is 0.335 e. The van der Waals surface area contributed by atoms with Crippen molar-refractivity contribution < 1.29 is 19.1 Å². The Bertz CT molecular complexity index is 1150. The van der Waals surface area contributed by atoms with E-state index in [1.165, 1.54) is 28.8 Å². The fraction of sp³-hybridized carbons (Fsp3) is 0.0476. The van der Waals surface area contributed by atoms with Crippen molar-refractivity contribution in [2.24, 2.45) is 0 Å². The SMILES string of the molecule is Cc1ccc(-c2ccc(C=C3SC(=S)N(c4ccc(C(=O)O)cc4)C3=O)o2)nc1. The highest BCUT2D eigenvalue weighted by atomic mass is 32.2. The number of thioether (sulfide) groups is 1. The summed E-state index contributed by atoms with van der Waals surface area (Å²) in [4.78, 5) is 30.0. The monoisotopic (exact) mass is 422 g/mol. The maximum atomic E-state index is 12.8. The highest BCUT2D eigenvalue weighted by Gasteiger charge is 2.33. The van der Waals surface area contributed by atoms with Gasteiger partial charge in [-0.05, 0) is 55.0 Å². The molecule has 144 valence electrons. The number of thiocarbonyl (C=S) groups is 1.